The smallest absolute Gasteiger partial charge is 0.133 e. The van der Waals surface area contributed by atoms with Gasteiger partial charge >= 0.3 is 0 Å². The third kappa shape index (κ3) is 4.05. The van der Waals surface area contributed by atoms with E-state index in [1.165, 1.54) is 12.8 Å². The fraction of sp³-hybridized carbons (Fsp3) is 0.800. The number of aryl methyl sites for hydroxylation is 1. The summed E-state index contributed by atoms with van der Waals surface area (Å²) in [7, 11) is 0. The summed E-state index contributed by atoms with van der Waals surface area (Å²) in [6, 6.07) is 3.27. The monoisotopic (exact) mass is 265 g/mol. The fourth-order valence-electron chi connectivity index (χ4n) is 2.95. The standard InChI is InChI=1S/C15H27N3O/c1-5-15-8-16-13(6-11(2)3)9-18(15)10-14-7-12(4)19-17-14/h7,11,13,15-16H,5-6,8-10H2,1-4H3. The van der Waals surface area contributed by atoms with Crippen molar-refractivity contribution in [2.45, 2.75) is 59.2 Å². The molecule has 0 bridgehead atoms. The Bertz CT molecular complexity index is 388. The summed E-state index contributed by atoms with van der Waals surface area (Å²) in [4.78, 5) is 2.56. The van der Waals surface area contributed by atoms with E-state index in [9.17, 15) is 0 Å². The van der Waals surface area contributed by atoms with E-state index in [1.54, 1.807) is 0 Å². The van der Waals surface area contributed by atoms with Gasteiger partial charge in [-0.15, -0.1) is 0 Å². The van der Waals surface area contributed by atoms with Crippen molar-refractivity contribution in [2.75, 3.05) is 13.1 Å². The average molecular weight is 265 g/mol. The highest BCUT2D eigenvalue weighted by Gasteiger charge is 2.27. The molecule has 0 saturated carbocycles. The van der Waals surface area contributed by atoms with Crippen molar-refractivity contribution >= 4 is 0 Å². The third-order valence-corrected chi connectivity index (χ3v) is 3.88. The van der Waals surface area contributed by atoms with Crippen LogP contribution in [0, 0.1) is 12.8 Å². The number of nitrogens with one attached hydrogen (secondary N) is 1. The van der Waals surface area contributed by atoms with Crippen LogP contribution in [0.15, 0.2) is 10.6 Å². The summed E-state index contributed by atoms with van der Waals surface area (Å²) in [6.45, 7) is 11.9. The van der Waals surface area contributed by atoms with Crippen LogP contribution in [-0.2, 0) is 6.54 Å². The molecule has 1 aromatic rings. The quantitative estimate of drug-likeness (QED) is 0.888. The summed E-state index contributed by atoms with van der Waals surface area (Å²) in [5.74, 6) is 1.64. The van der Waals surface area contributed by atoms with Crippen LogP contribution < -0.4 is 5.32 Å². The number of piperazine rings is 1. The molecule has 2 atom stereocenters. The number of nitrogens with zero attached hydrogens (tertiary/aromatic N) is 2. The molecule has 2 unspecified atom stereocenters. The first-order chi connectivity index (χ1) is 9.08. The highest BCUT2D eigenvalue weighted by molar-refractivity contribution is 5.04. The van der Waals surface area contributed by atoms with Gasteiger partial charge in [0.05, 0.1) is 5.69 Å². The average Bonchev–Trinajstić information content (AvgIpc) is 2.74. The van der Waals surface area contributed by atoms with E-state index < -0.39 is 0 Å². The molecule has 19 heavy (non-hydrogen) atoms. The lowest BCUT2D eigenvalue weighted by molar-refractivity contribution is 0.109. The minimum absolute atomic E-state index is 0.607. The maximum absolute atomic E-state index is 5.17. The van der Waals surface area contributed by atoms with Crippen molar-refractivity contribution < 1.29 is 4.52 Å². The zero-order valence-corrected chi connectivity index (χ0v) is 12.6. The second-order valence-electron chi connectivity index (χ2n) is 6.16. The van der Waals surface area contributed by atoms with Gasteiger partial charge in [0.2, 0.25) is 0 Å². The van der Waals surface area contributed by atoms with Gasteiger partial charge in [-0.2, -0.15) is 0 Å². The lowest BCUT2D eigenvalue weighted by Crippen LogP contribution is -2.56. The number of hydrogen-bond acceptors (Lipinski definition) is 4. The fourth-order valence-corrected chi connectivity index (χ4v) is 2.95. The van der Waals surface area contributed by atoms with Crippen molar-refractivity contribution in [3.05, 3.63) is 17.5 Å². The second kappa shape index (κ2) is 6.53. The van der Waals surface area contributed by atoms with E-state index in [1.807, 2.05) is 13.0 Å². The van der Waals surface area contributed by atoms with Gasteiger partial charge in [0.15, 0.2) is 0 Å². The van der Waals surface area contributed by atoms with Crippen LogP contribution >= 0.6 is 0 Å². The van der Waals surface area contributed by atoms with Gasteiger partial charge in [-0.3, -0.25) is 4.90 Å². The van der Waals surface area contributed by atoms with Crippen molar-refractivity contribution in [3.63, 3.8) is 0 Å². The molecule has 1 N–H and O–H groups in total. The van der Waals surface area contributed by atoms with Gasteiger partial charge in [0.1, 0.15) is 5.76 Å². The minimum atomic E-state index is 0.607. The Balaban J connectivity index is 1.97. The molecule has 1 aliphatic heterocycles. The zero-order chi connectivity index (χ0) is 13.8. The Morgan fingerprint density at radius 2 is 2.32 bits per heavy atom. The summed E-state index contributed by atoms with van der Waals surface area (Å²) in [5, 5.41) is 7.81. The molecule has 2 rings (SSSR count). The molecule has 1 saturated heterocycles. The summed E-state index contributed by atoms with van der Waals surface area (Å²) in [5.41, 5.74) is 1.06. The van der Waals surface area contributed by atoms with Gasteiger partial charge in [-0.25, -0.2) is 0 Å². The Labute approximate surface area is 116 Å². The Morgan fingerprint density at radius 3 is 2.89 bits per heavy atom. The number of rotatable bonds is 5. The minimum Gasteiger partial charge on any atom is -0.361 e. The summed E-state index contributed by atoms with van der Waals surface area (Å²) in [6.07, 6.45) is 2.42. The van der Waals surface area contributed by atoms with Crippen molar-refractivity contribution in [1.82, 2.24) is 15.4 Å². The Kier molecular flexibility index (Phi) is 4.99. The van der Waals surface area contributed by atoms with Gasteiger partial charge < -0.3 is 9.84 Å². The maximum Gasteiger partial charge on any atom is 0.133 e. The predicted molar refractivity (Wildman–Crippen MR) is 77.0 cm³/mol. The Hall–Kier alpha value is -0.870. The van der Waals surface area contributed by atoms with Crippen LogP contribution in [0.2, 0.25) is 0 Å². The first-order valence-corrected chi connectivity index (χ1v) is 7.48. The highest BCUT2D eigenvalue weighted by atomic mass is 16.5. The van der Waals surface area contributed by atoms with Crippen LogP contribution in [0.3, 0.4) is 0 Å². The SMILES string of the molecule is CCC1CNC(CC(C)C)CN1Cc1cc(C)on1. The predicted octanol–water partition coefficient (Wildman–Crippen LogP) is 2.58. The first kappa shape index (κ1) is 14.5. The Morgan fingerprint density at radius 1 is 1.53 bits per heavy atom. The third-order valence-electron chi connectivity index (χ3n) is 3.88. The maximum atomic E-state index is 5.17. The van der Waals surface area contributed by atoms with E-state index >= 15 is 0 Å². The molecule has 2 heterocycles. The molecule has 108 valence electrons. The summed E-state index contributed by atoms with van der Waals surface area (Å²) >= 11 is 0. The van der Waals surface area contributed by atoms with Crippen LogP contribution in [-0.4, -0.2) is 35.2 Å². The topological polar surface area (TPSA) is 41.3 Å². The molecule has 0 radical (unpaired) electrons. The number of aromatic nitrogens is 1. The van der Waals surface area contributed by atoms with Crippen molar-refractivity contribution in [3.8, 4) is 0 Å². The molecule has 4 heteroatoms. The number of hydrogen-bond donors (Lipinski definition) is 1. The molecular weight excluding hydrogens is 238 g/mol. The van der Waals surface area contributed by atoms with Crippen LogP contribution in [0.5, 0.6) is 0 Å². The normalized spacial score (nSPS) is 25.1. The van der Waals surface area contributed by atoms with E-state index in [-0.39, 0.29) is 0 Å². The van der Waals surface area contributed by atoms with Crippen LogP contribution in [0.25, 0.3) is 0 Å². The van der Waals surface area contributed by atoms with Gasteiger partial charge in [-0.05, 0) is 25.7 Å². The van der Waals surface area contributed by atoms with Crippen LogP contribution in [0.4, 0.5) is 0 Å². The van der Waals surface area contributed by atoms with Gasteiger partial charge in [0, 0.05) is 37.8 Å². The van der Waals surface area contributed by atoms with E-state index in [0.29, 0.717) is 12.1 Å². The molecule has 1 aromatic heterocycles. The molecule has 0 spiro atoms. The zero-order valence-electron chi connectivity index (χ0n) is 12.6. The molecule has 0 aliphatic carbocycles. The highest BCUT2D eigenvalue weighted by Crippen LogP contribution is 2.18. The van der Waals surface area contributed by atoms with Crippen molar-refractivity contribution in [2.24, 2.45) is 5.92 Å². The molecule has 0 aromatic carbocycles. The van der Waals surface area contributed by atoms with E-state index in [2.05, 4.69) is 36.1 Å². The molecule has 1 aliphatic rings. The van der Waals surface area contributed by atoms with Crippen molar-refractivity contribution in [1.29, 1.82) is 0 Å². The summed E-state index contributed by atoms with van der Waals surface area (Å²) < 4.78 is 5.17. The van der Waals surface area contributed by atoms with Crippen LogP contribution in [0.1, 0.15) is 45.1 Å². The first-order valence-electron chi connectivity index (χ1n) is 7.48. The largest absolute Gasteiger partial charge is 0.361 e. The second-order valence-corrected chi connectivity index (χ2v) is 6.16. The molecule has 0 amide bonds. The van der Waals surface area contributed by atoms with E-state index in [4.69, 9.17) is 4.52 Å². The molecule has 4 nitrogen and oxygen atoms in total. The molecule has 1 fully saturated rings. The van der Waals surface area contributed by atoms with Gasteiger partial charge in [0.25, 0.3) is 0 Å². The van der Waals surface area contributed by atoms with Gasteiger partial charge in [-0.1, -0.05) is 25.9 Å². The lowest BCUT2D eigenvalue weighted by Gasteiger charge is -2.40. The molecular formula is C15H27N3O. The lowest BCUT2D eigenvalue weighted by atomic mass is 9.99. The van der Waals surface area contributed by atoms with E-state index in [0.717, 1.165) is 37.0 Å².